The summed E-state index contributed by atoms with van der Waals surface area (Å²) in [5, 5.41) is 2.71. The van der Waals surface area contributed by atoms with Gasteiger partial charge in [-0.05, 0) is 12.1 Å². The minimum absolute atomic E-state index is 0.183. The van der Waals surface area contributed by atoms with E-state index in [1.165, 1.54) is 12.4 Å². The van der Waals surface area contributed by atoms with E-state index in [1.807, 2.05) is 0 Å². The number of anilines is 2. The Morgan fingerprint density at radius 3 is 2.70 bits per heavy atom. The summed E-state index contributed by atoms with van der Waals surface area (Å²) in [6.45, 7) is 0. The van der Waals surface area contributed by atoms with Crippen LogP contribution in [0.25, 0.3) is 0 Å². The van der Waals surface area contributed by atoms with Crippen LogP contribution >= 0.6 is 15.9 Å². The van der Waals surface area contributed by atoms with Crippen LogP contribution in [0, 0.1) is 0 Å². The molecule has 2 rings (SSSR count). The number of rotatable bonds is 4. The first-order valence-electron chi connectivity index (χ1n) is 5.57. The molecular weight excluding hydrogens is 326 g/mol. The maximum atomic E-state index is 12.0. The molecule has 0 aliphatic carbocycles. The number of nitrogens with zero attached hydrogens (tertiary/aromatic N) is 2. The molecule has 0 saturated heterocycles. The minimum atomic E-state index is -0.374. The van der Waals surface area contributed by atoms with Gasteiger partial charge in [0.25, 0.3) is 5.91 Å². The van der Waals surface area contributed by atoms with Gasteiger partial charge >= 0.3 is 0 Å². The number of nitrogens with one attached hydrogen (secondary N) is 2. The van der Waals surface area contributed by atoms with Crippen LogP contribution in [-0.2, 0) is 0 Å². The van der Waals surface area contributed by atoms with E-state index in [0.717, 1.165) is 4.47 Å². The number of aromatic nitrogens is 2. The van der Waals surface area contributed by atoms with Gasteiger partial charge in [0, 0.05) is 16.2 Å². The molecule has 0 bridgehead atoms. The molecule has 1 heterocycles. The van der Waals surface area contributed by atoms with Crippen molar-refractivity contribution in [3.63, 3.8) is 0 Å². The molecule has 7 nitrogen and oxygen atoms in total. The number of methoxy groups -OCH3 is 1. The van der Waals surface area contributed by atoms with Gasteiger partial charge in [-0.25, -0.2) is 15.8 Å². The molecule has 4 N–H and O–H groups in total. The van der Waals surface area contributed by atoms with Gasteiger partial charge < -0.3 is 15.5 Å². The Morgan fingerprint density at radius 1 is 1.30 bits per heavy atom. The zero-order valence-corrected chi connectivity index (χ0v) is 12.1. The van der Waals surface area contributed by atoms with Gasteiger partial charge in [0.1, 0.15) is 11.4 Å². The molecule has 0 saturated carbocycles. The van der Waals surface area contributed by atoms with Crippen molar-refractivity contribution in [2.24, 2.45) is 5.84 Å². The van der Waals surface area contributed by atoms with Gasteiger partial charge in [-0.1, -0.05) is 15.9 Å². The molecule has 1 aromatic carbocycles. The van der Waals surface area contributed by atoms with Gasteiger partial charge in [-0.15, -0.1) is 0 Å². The molecule has 1 amide bonds. The highest BCUT2D eigenvalue weighted by molar-refractivity contribution is 9.10. The van der Waals surface area contributed by atoms with Crippen LogP contribution in [0.1, 0.15) is 10.5 Å². The second-order valence-electron chi connectivity index (χ2n) is 3.77. The molecule has 1 aromatic heterocycles. The van der Waals surface area contributed by atoms with Crippen LogP contribution < -0.4 is 21.3 Å². The number of benzene rings is 1. The SMILES string of the molecule is COc1cc(Br)cc(NC(=O)c2cnc(NN)cn2)c1. The lowest BCUT2D eigenvalue weighted by atomic mass is 10.3. The molecule has 0 radical (unpaired) electrons. The lowest BCUT2D eigenvalue weighted by molar-refractivity contribution is 0.102. The van der Waals surface area contributed by atoms with Crippen molar-refractivity contribution in [3.05, 3.63) is 40.8 Å². The van der Waals surface area contributed by atoms with Crippen molar-refractivity contribution in [3.8, 4) is 5.75 Å². The van der Waals surface area contributed by atoms with Gasteiger partial charge in [-0.3, -0.25) is 4.79 Å². The third-order valence-electron chi connectivity index (χ3n) is 2.40. The highest BCUT2D eigenvalue weighted by Gasteiger charge is 2.09. The fraction of sp³-hybridized carbons (Fsp3) is 0.0833. The van der Waals surface area contributed by atoms with Crippen molar-refractivity contribution in [1.29, 1.82) is 0 Å². The Balaban J connectivity index is 2.16. The smallest absolute Gasteiger partial charge is 0.275 e. The fourth-order valence-electron chi connectivity index (χ4n) is 1.47. The first-order chi connectivity index (χ1) is 9.62. The predicted molar refractivity (Wildman–Crippen MR) is 78.5 cm³/mol. The maximum Gasteiger partial charge on any atom is 0.275 e. The topological polar surface area (TPSA) is 102 Å². The molecule has 0 unspecified atom stereocenters. The Hall–Kier alpha value is -2.19. The molecular formula is C12H12BrN5O2. The van der Waals surface area contributed by atoms with E-state index < -0.39 is 0 Å². The predicted octanol–water partition coefficient (Wildman–Crippen LogP) is 1.79. The van der Waals surface area contributed by atoms with Crippen molar-refractivity contribution in [2.45, 2.75) is 0 Å². The van der Waals surface area contributed by atoms with Gasteiger partial charge in [-0.2, -0.15) is 0 Å². The lowest BCUT2D eigenvalue weighted by Gasteiger charge is -2.08. The molecule has 20 heavy (non-hydrogen) atoms. The van der Waals surface area contributed by atoms with Crippen molar-refractivity contribution >= 4 is 33.3 Å². The van der Waals surface area contributed by atoms with Crippen LogP contribution in [-0.4, -0.2) is 23.0 Å². The van der Waals surface area contributed by atoms with Gasteiger partial charge in [0.15, 0.2) is 5.82 Å². The normalized spacial score (nSPS) is 9.95. The van der Waals surface area contributed by atoms with E-state index in [-0.39, 0.29) is 11.6 Å². The molecule has 0 aliphatic rings. The van der Waals surface area contributed by atoms with E-state index in [4.69, 9.17) is 10.6 Å². The van der Waals surface area contributed by atoms with E-state index >= 15 is 0 Å². The molecule has 0 fully saturated rings. The second kappa shape index (κ2) is 6.31. The number of nitrogens with two attached hydrogens (primary N) is 1. The molecule has 104 valence electrons. The summed E-state index contributed by atoms with van der Waals surface area (Å²) < 4.78 is 5.91. The average Bonchev–Trinajstić information content (AvgIpc) is 2.46. The summed E-state index contributed by atoms with van der Waals surface area (Å²) >= 11 is 3.34. The summed E-state index contributed by atoms with van der Waals surface area (Å²) in [7, 11) is 1.55. The minimum Gasteiger partial charge on any atom is -0.497 e. The summed E-state index contributed by atoms with van der Waals surface area (Å²) in [6, 6.07) is 5.24. The number of amides is 1. The van der Waals surface area contributed by atoms with Crippen LogP contribution in [0.3, 0.4) is 0 Å². The number of carbonyl (C=O) groups excluding carboxylic acids is 1. The zero-order chi connectivity index (χ0) is 14.5. The van der Waals surface area contributed by atoms with Crippen LogP contribution in [0.4, 0.5) is 11.5 Å². The monoisotopic (exact) mass is 337 g/mol. The Morgan fingerprint density at radius 2 is 2.10 bits per heavy atom. The number of ether oxygens (including phenoxy) is 1. The summed E-state index contributed by atoms with van der Waals surface area (Å²) in [4.78, 5) is 19.9. The van der Waals surface area contributed by atoms with Crippen molar-refractivity contribution in [1.82, 2.24) is 9.97 Å². The maximum absolute atomic E-state index is 12.0. The highest BCUT2D eigenvalue weighted by Crippen LogP contribution is 2.24. The molecule has 0 spiro atoms. The number of carbonyl (C=O) groups is 1. The Kier molecular flexibility index (Phi) is 4.49. The Labute approximate surface area is 123 Å². The number of hydrogen-bond donors (Lipinski definition) is 3. The number of nitrogen functional groups attached to an aromatic ring is 1. The van der Waals surface area contributed by atoms with E-state index in [2.05, 4.69) is 36.6 Å². The van der Waals surface area contributed by atoms with Crippen molar-refractivity contribution < 1.29 is 9.53 Å². The highest BCUT2D eigenvalue weighted by atomic mass is 79.9. The van der Waals surface area contributed by atoms with Crippen LogP contribution in [0.2, 0.25) is 0 Å². The Bertz CT molecular complexity index is 618. The van der Waals surface area contributed by atoms with Crippen molar-refractivity contribution in [2.75, 3.05) is 17.9 Å². The lowest BCUT2D eigenvalue weighted by Crippen LogP contribution is -2.15. The first kappa shape index (κ1) is 14.2. The standard InChI is InChI=1S/C12H12BrN5O2/c1-20-9-3-7(13)2-8(4-9)17-12(19)10-5-16-11(18-14)6-15-10/h2-6H,14H2,1H3,(H,16,18)(H,17,19). The second-order valence-corrected chi connectivity index (χ2v) is 4.68. The number of halogens is 1. The number of hydrogen-bond acceptors (Lipinski definition) is 6. The summed E-state index contributed by atoms with van der Waals surface area (Å²) in [5.74, 6) is 5.81. The third-order valence-corrected chi connectivity index (χ3v) is 2.86. The van der Waals surface area contributed by atoms with E-state index in [0.29, 0.717) is 17.3 Å². The molecule has 0 atom stereocenters. The molecule has 2 aromatic rings. The summed E-state index contributed by atoms with van der Waals surface area (Å²) in [6.07, 6.45) is 2.70. The average molecular weight is 338 g/mol. The summed E-state index contributed by atoms with van der Waals surface area (Å²) in [5.41, 5.74) is 3.11. The number of hydrazine groups is 1. The van der Waals surface area contributed by atoms with Gasteiger partial charge in [0.2, 0.25) is 0 Å². The van der Waals surface area contributed by atoms with Crippen LogP contribution in [0.5, 0.6) is 5.75 Å². The van der Waals surface area contributed by atoms with E-state index in [9.17, 15) is 4.79 Å². The molecule has 8 heteroatoms. The zero-order valence-electron chi connectivity index (χ0n) is 10.6. The van der Waals surface area contributed by atoms with Crippen LogP contribution in [0.15, 0.2) is 35.1 Å². The van der Waals surface area contributed by atoms with Gasteiger partial charge in [0.05, 0.1) is 19.5 Å². The van der Waals surface area contributed by atoms with E-state index in [1.54, 1.807) is 25.3 Å². The largest absolute Gasteiger partial charge is 0.497 e. The quantitative estimate of drug-likeness (QED) is 0.580. The molecule has 0 aliphatic heterocycles. The fourth-order valence-corrected chi connectivity index (χ4v) is 1.94. The first-order valence-corrected chi connectivity index (χ1v) is 6.36. The third kappa shape index (κ3) is 3.43.